The average molecular weight is 744 g/mol. The van der Waals surface area contributed by atoms with Crippen molar-refractivity contribution < 1.29 is 4.42 Å². The third-order valence-corrected chi connectivity index (χ3v) is 11.8. The van der Waals surface area contributed by atoms with Crippen molar-refractivity contribution in [3.63, 3.8) is 0 Å². The molecule has 1 aliphatic carbocycles. The van der Waals surface area contributed by atoms with Gasteiger partial charge in [0.15, 0.2) is 17.5 Å². The summed E-state index contributed by atoms with van der Waals surface area (Å²) in [4.78, 5) is 15.0. The maximum atomic E-state index is 6.43. The highest BCUT2D eigenvalue weighted by molar-refractivity contribution is 6.12. The van der Waals surface area contributed by atoms with Crippen LogP contribution in [0.4, 0.5) is 0 Å². The van der Waals surface area contributed by atoms with Crippen LogP contribution in [-0.2, 0) is 5.41 Å². The van der Waals surface area contributed by atoms with Crippen LogP contribution < -0.4 is 0 Å². The molecule has 4 heteroatoms. The van der Waals surface area contributed by atoms with Gasteiger partial charge in [0.1, 0.15) is 11.2 Å². The zero-order valence-electron chi connectivity index (χ0n) is 32.1. The summed E-state index contributed by atoms with van der Waals surface area (Å²) < 4.78 is 6.43. The van der Waals surface area contributed by atoms with Crippen LogP contribution in [-0.4, -0.2) is 15.0 Å². The van der Waals surface area contributed by atoms with E-state index >= 15 is 0 Å². The van der Waals surface area contributed by atoms with Crippen LogP contribution in [0.1, 0.15) is 25.0 Å². The second kappa shape index (κ2) is 13.4. The Bertz CT molecular complexity index is 3110. The molecular weight excluding hydrogens is 707 g/mol. The smallest absolute Gasteiger partial charge is 0.164 e. The quantitative estimate of drug-likeness (QED) is 0.170. The van der Waals surface area contributed by atoms with Gasteiger partial charge in [0, 0.05) is 32.9 Å². The summed E-state index contributed by atoms with van der Waals surface area (Å²) >= 11 is 0. The predicted octanol–water partition coefficient (Wildman–Crippen LogP) is 14.1. The van der Waals surface area contributed by atoms with Crippen LogP contribution in [0.2, 0.25) is 0 Å². The molecule has 11 rings (SSSR count). The summed E-state index contributed by atoms with van der Waals surface area (Å²) in [7, 11) is 0. The Morgan fingerprint density at radius 3 is 1.53 bits per heavy atom. The molecule has 2 aromatic heterocycles. The van der Waals surface area contributed by atoms with E-state index in [0.717, 1.165) is 49.8 Å². The maximum Gasteiger partial charge on any atom is 0.164 e. The van der Waals surface area contributed by atoms with Crippen molar-refractivity contribution in [2.75, 3.05) is 0 Å². The largest absolute Gasteiger partial charge is 0.456 e. The monoisotopic (exact) mass is 743 g/mol. The molecule has 0 fully saturated rings. The molecular formula is C54H37N3O. The fourth-order valence-corrected chi connectivity index (χ4v) is 8.81. The van der Waals surface area contributed by atoms with Gasteiger partial charge in [-0.05, 0) is 73.8 Å². The van der Waals surface area contributed by atoms with Crippen molar-refractivity contribution in [3.05, 3.63) is 199 Å². The molecule has 0 saturated carbocycles. The van der Waals surface area contributed by atoms with Gasteiger partial charge in [-0.3, -0.25) is 0 Å². The minimum atomic E-state index is -0.0195. The molecule has 1 aliphatic rings. The molecule has 0 unspecified atom stereocenters. The van der Waals surface area contributed by atoms with Crippen molar-refractivity contribution in [3.8, 4) is 78.7 Å². The molecule has 0 atom stereocenters. The number of aromatic nitrogens is 3. The molecule has 2 heterocycles. The zero-order valence-corrected chi connectivity index (χ0v) is 32.1. The standard InChI is InChI=1S/C54H37N3O/c1-54(2)45-20-10-9-17-42(45)49-41(18-11-21-46(49)54)37-29-27-35(28-30-37)34-23-25-36(26-24-34)40-31-32-47-44(33-40)50-43(19-12-22-48(50)58-47)53-56-51(38-13-5-3-6-14-38)55-52(57-53)39-15-7-4-8-16-39/h3-33H,1-2H3. The van der Waals surface area contributed by atoms with Crippen LogP contribution in [0.15, 0.2) is 192 Å². The van der Waals surface area contributed by atoms with Crippen LogP contribution in [0.5, 0.6) is 0 Å². The first-order valence-corrected chi connectivity index (χ1v) is 19.8. The first kappa shape index (κ1) is 33.9. The van der Waals surface area contributed by atoms with E-state index in [4.69, 9.17) is 19.4 Å². The topological polar surface area (TPSA) is 51.8 Å². The molecule has 0 bridgehead atoms. The van der Waals surface area contributed by atoms with Gasteiger partial charge in [0.05, 0.1) is 0 Å². The normalized spacial score (nSPS) is 12.8. The first-order valence-electron chi connectivity index (χ1n) is 19.8. The SMILES string of the molecule is CC1(C)c2ccccc2-c2c(-c3ccc(-c4ccc(-c5ccc6oc7cccc(-c8nc(-c9ccccc9)nc(-c9ccccc9)n8)c7c6c5)cc4)cc3)cccc21. The van der Waals surface area contributed by atoms with Crippen molar-refractivity contribution in [1.29, 1.82) is 0 Å². The summed E-state index contributed by atoms with van der Waals surface area (Å²) in [6, 6.07) is 66.2. The molecule has 10 aromatic rings. The number of hydrogen-bond donors (Lipinski definition) is 0. The number of benzene rings is 8. The molecule has 0 saturated heterocycles. The zero-order chi connectivity index (χ0) is 38.8. The Balaban J connectivity index is 0.941. The Kier molecular flexibility index (Phi) is 7.80. The maximum absolute atomic E-state index is 6.43. The molecule has 274 valence electrons. The van der Waals surface area contributed by atoms with Crippen molar-refractivity contribution in [2.24, 2.45) is 0 Å². The van der Waals surface area contributed by atoms with Gasteiger partial charge in [0.25, 0.3) is 0 Å². The van der Waals surface area contributed by atoms with E-state index in [-0.39, 0.29) is 5.41 Å². The summed E-state index contributed by atoms with van der Waals surface area (Å²) in [5, 5.41) is 2.00. The minimum Gasteiger partial charge on any atom is -0.456 e. The van der Waals surface area contributed by atoms with E-state index in [1.54, 1.807) is 0 Å². The molecule has 0 radical (unpaired) electrons. The van der Waals surface area contributed by atoms with E-state index in [1.165, 1.54) is 44.5 Å². The van der Waals surface area contributed by atoms with Gasteiger partial charge in [-0.1, -0.05) is 184 Å². The van der Waals surface area contributed by atoms with Gasteiger partial charge in [-0.2, -0.15) is 0 Å². The molecule has 0 amide bonds. The van der Waals surface area contributed by atoms with Gasteiger partial charge >= 0.3 is 0 Å². The Labute approximate surface area is 337 Å². The van der Waals surface area contributed by atoms with Gasteiger partial charge < -0.3 is 4.42 Å². The van der Waals surface area contributed by atoms with Crippen molar-refractivity contribution >= 4 is 21.9 Å². The highest BCUT2D eigenvalue weighted by atomic mass is 16.3. The molecule has 8 aromatic carbocycles. The van der Waals surface area contributed by atoms with E-state index < -0.39 is 0 Å². The average Bonchev–Trinajstić information content (AvgIpc) is 3.78. The van der Waals surface area contributed by atoms with Gasteiger partial charge in [0.2, 0.25) is 0 Å². The Morgan fingerprint density at radius 2 is 0.862 bits per heavy atom. The molecule has 0 N–H and O–H groups in total. The molecule has 0 spiro atoms. The third-order valence-electron chi connectivity index (χ3n) is 11.8. The van der Waals surface area contributed by atoms with Crippen LogP contribution in [0, 0.1) is 0 Å². The fourth-order valence-electron chi connectivity index (χ4n) is 8.81. The van der Waals surface area contributed by atoms with Crippen molar-refractivity contribution in [1.82, 2.24) is 15.0 Å². The lowest BCUT2D eigenvalue weighted by Crippen LogP contribution is -2.14. The lowest BCUT2D eigenvalue weighted by Gasteiger charge is -2.21. The summed E-state index contributed by atoms with van der Waals surface area (Å²) in [5.41, 5.74) is 17.0. The minimum absolute atomic E-state index is 0.0195. The summed E-state index contributed by atoms with van der Waals surface area (Å²) in [6.45, 7) is 4.67. The highest BCUT2D eigenvalue weighted by Gasteiger charge is 2.36. The van der Waals surface area contributed by atoms with Gasteiger partial charge in [-0.25, -0.2) is 15.0 Å². The number of hydrogen-bond acceptors (Lipinski definition) is 4. The Hall–Kier alpha value is -7.43. The second-order valence-electron chi connectivity index (χ2n) is 15.6. The van der Waals surface area contributed by atoms with E-state index in [1.807, 2.05) is 72.8 Å². The van der Waals surface area contributed by atoms with E-state index in [9.17, 15) is 0 Å². The number of rotatable bonds is 6. The van der Waals surface area contributed by atoms with E-state index in [2.05, 4.69) is 129 Å². The predicted molar refractivity (Wildman–Crippen MR) is 237 cm³/mol. The third kappa shape index (κ3) is 5.56. The fraction of sp³-hybridized carbons (Fsp3) is 0.0556. The first-order chi connectivity index (χ1) is 28.5. The second-order valence-corrected chi connectivity index (χ2v) is 15.6. The lowest BCUT2D eigenvalue weighted by molar-refractivity contribution is 0.660. The summed E-state index contributed by atoms with van der Waals surface area (Å²) in [5.74, 6) is 1.86. The highest BCUT2D eigenvalue weighted by Crippen LogP contribution is 2.52. The van der Waals surface area contributed by atoms with Crippen molar-refractivity contribution in [2.45, 2.75) is 19.3 Å². The number of nitrogens with zero attached hydrogens (tertiary/aromatic N) is 3. The molecule has 58 heavy (non-hydrogen) atoms. The van der Waals surface area contributed by atoms with Crippen LogP contribution in [0.25, 0.3) is 101 Å². The van der Waals surface area contributed by atoms with Crippen LogP contribution >= 0.6 is 0 Å². The Morgan fingerprint density at radius 1 is 0.362 bits per heavy atom. The van der Waals surface area contributed by atoms with E-state index in [0.29, 0.717) is 17.5 Å². The molecule has 4 nitrogen and oxygen atoms in total. The lowest BCUT2D eigenvalue weighted by atomic mass is 9.82. The number of furan rings is 1. The number of fused-ring (bicyclic) bond motifs is 6. The van der Waals surface area contributed by atoms with Crippen LogP contribution in [0.3, 0.4) is 0 Å². The van der Waals surface area contributed by atoms with Gasteiger partial charge in [-0.15, -0.1) is 0 Å². The summed E-state index contributed by atoms with van der Waals surface area (Å²) in [6.07, 6.45) is 0. The molecule has 0 aliphatic heterocycles.